The van der Waals surface area contributed by atoms with Crippen molar-refractivity contribution in [3.8, 4) is 6.07 Å². The molecule has 0 N–H and O–H groups in total. The lowest BCUT2D eigenvalue weighted by Gasteiger charge is -2.34. The molecule has 3 nitrogen and oxygen atoms in total. The van der Waals surface area contributed by atoms with Crippen LogP contribution >= 0.6 is 0 Å². The zero-order valence-corrected chi connectivity index (χ0v) is 7.79. The van der Waals surface area contributed by atoms with Gasteiger partial charge in [0.2, 0.25) is 0 Å². The van der Waals surface area contributed by atoms with Gasteiger partial charge in [0, 0.05) is 26.1 Å². The van der Waals surface area contributed by atoms with Gasteiger partial charge in [0.05, 0.1) is 18.3 Å². The minimum atomic E-state index is 0.312. The van der Waals surface area contributed by atoms with E-state index in [0.717, 1.165) is 19.6 Å². The Morgan fingerprint density at radius 2 is 2.00 bits per heavy atom. The normalized spacial score (nSPS) is 31.4. The Hall–Kier alpha value is -0.590. The van der Waals surface area contributed by atoms with Crippen molar-refractivity contribution in [2.24, 2.45) is 0 Å². The fraction of sp³-hybridized carbons (Fsp3) is 0.889. The summed E-state index contributed by atoms with van der Waals surface area (Å²) in [5.74, 6) is 0. The van der Waals surface area contributed by atoms with Crippen molar-refractivity contribution >= 4 is 0 Å². The number of hydrogen-bond acceptors (Lipinski definition) is 3. The van der Waals surface area contributed by atoms with Gasteiger partial charge in [0.15, 0.2) is 0 Å². The number of nitrogens with zero attached hydrogens (tertiary/aromatic N) is 2. The van der Waals surface area contributed by atoms with Gasteiger partial charge in [-0.3, -0.25) is 4.90 Å². The largest absolute Gasteiger partial charge is 0.373 e. The average Bonchev–Trinajstić information content (AvgIpc) is 1.99. The van der Waals surface area contributed by atoms with E-state index in [-0.39, 0.29) is 0 Å². The molecule has 1 aliphatic rings. The van der Waals surface area contributed by atoms with Crippen LogP contribution in [-0.2, 0) is 4.74 Å². The number of ether oxygens (including phenoxy) is 1. The highest BCUT2D eigenvalue weighted by Gasteiger charge is 2.21. The van der Waals surface area contributed by atoms with Crippen LogP contribution in [0.5, 0.6) is 0 Å². The van der Waals surface area contributed by atoms with E-state index < -0.39 is 0 Å². The summed E-state index contributed by atoms with van der Waals surface area (Å²) in [5, 5.41) is 8.42. The Balaban J connectivity index is 2.30. The molecule has 1 rings (SSSR count). The SMILES string of the molecule is C[C@@H]1CN(CCC#N)C[C@H](C)O1. The van der Waals surface area contributed by atoms with E-state index in [9.17, 15) is 0 Å². The Kier molecular flexibility index (Phi) is 3.51. The van der Waals surface area contributed by atoms with Gasteiger partial charge >= 0.3 is 0 Å². The lowest BCUT2D eigenvalue weighted by Crippen LogP contribution is -2.45. The number of nitriles is 1. The van der Waals surface area contributed by atoms with Crippen LogP contribution in [0, 0.1) is 11.3 Å². The van der Waals surface area contributed by atoms with Crippen molar-refractivity contribution in [1.29, 1.82) is 5.26 Å². The van der Waals surface area contributed by atoms with Crippen molar-refractivity contribution in [1.82, 2.24) is 4.90 Å². The van der Waals surface area contributed by atoms with Crippen molar-refractivity contribution in [3.05, 3.63) is 0 Å². The van der Waals surface area contributed by atoms with Crippen LogP contribution in [0.15, 0.2) is 0 Å². The van der Waals surface area contributed by atoms with Crippen LogP contribution in [0.4, 0.5) is 0 Å². The molecule has 0 saturated carbocycles. The van der Waals surface area contributed by atoms with E-state index in [1.807, 2.05) is 0 Å². The summed E-state index contributed by atoms with van der Waals surface area (Å²) in [7, 11) is 0. The summed E-state index contributed by atoms with van der Waals surface area (Å²) in [4.78, 5) is 2.29. The smallest absolute Gasteiger partial charge is 0.0678 e. The molecule has 0 amide bonds. The van der Waals surface area contributed by atoms with Crippen LogP contribution in [-0.4, -0.2) is 36.7 Å². The van der Waals surface area contributed by atoms with Gasteiger partial charge < -0.3 is 4.74 Å². The van der Waals surface area contributed by atoms with E-state index in [1.54, 1.807) is 0 Å². The van der Waals surface area contributed by atoms with Gasteiger partial charge in [-0.05, 0) is 13.8 Å². The summed E-state index contributed by atoms with van der Waals surface area (Å²) in [6.45, 7) is 6.97. The van der Waals surface area contributed by atoms with Crippen LogP contribution in [0.1, 0.15) is 20.3 Å². The second-order valence-corrected chi connectivity index (χ2v) is 3.43. The lowest BCUT2D eigenvalue weighted by atomic mass is 10.2. The van der Waals surface area contributed by atoms with Gasteiger partial charge in [-0.1, -0.05) is 0 Å². The molecule has 0 aromatic heterocycles. The third-order valence-electron chi connectivity index (χ3n) is 2.04. The fourth-order valence-corrected chi connectivity index (χ4v) is 1.68. The van der Waals surface area contributed by atoms with E-state index in [4.69, 9.17) is 10.00 Å². The molecule has 12 heavy (non-hydrogen) atoms. The molecule has 0 unspecified atom stereocenters. The highest BCUT2D eigenvalue weighted by atomic mass is 16.5. The van der Waals surface area contributed by atoms with Gasteiger partial charge in [0.25, 0.3) is 0 Å². The number of morpholine rings is 1. The van der Waals surface area contributed by atoms with Crippen molar-refractivity contribution in [2.75, 3.05) is 19.6 Å². The quantitative estimate of drug-likeness (QED) is 0.617. The summed E-state index contributed by atoms with van der Waals surface area (Å²) in [6, 6.07) is 2.16. The van der Waals surface area contributed by atoms with Crippen molar-refractivity contribution in [2.45, 2.75) is 32.5 Å². The molecule has 1 saturated heterocycles. The van der Waals surface area contributed by atoms with Gasteiger partial charge in [0.1, 0.15) is 0 Å². The van der Waals surface area contributed by atoms with Crippen LogP contribution in [0.3, 0.4) is 0 Å². The van der Waals surface area contributed by atoms with Crippen LogP contribution in [0.2, 0.25) is 0 Å². The molecule has 0 aliphatic carbocycles. The molecular formula is C9H16N2O. The average molecular weight is 168 g/mol. The maximum absolute atomic E-state index is 8.42. The summed E-state index contributed by atoms with van der Waals surface area (Å²) >= 11 is 0. The molecule has 2 atom stereocenters. The molecule has 0 bridgehead atoms. The van der Waals surface area contributed by atoms with Gasteiger partial charge in [-0.25, -0.2) is 0 Å². The zero-order chi connectivity index (χ0) is 8.97. The highest BCUT2D eigenvalue weighted by Crippen LogP contribution is 2.10. The molecule has 68 valence electrons. The standard InChI is InChI=1S/C9H16N2O/c1-8-6-11(5-3-4-10)7-9(2)12-8/h8-9H,3,5-7H2,1-2H3/t8-,9+. The molecule has 0 aromatic carbocycles. The molecule has 3 heteroatoms. The predicted octanol–water partition coefficient (Wildman–Crippen LogP) is 1.01. The maximum atomic E-state index is 8.42. The van der Waals surface area contributed by atoms with Crippen molar-refractivity contribution in [3.63, 3.8) is 0 Å². The molecule has 0 radical (unpaired) electrons. The molecule has 0 aromatic rings. The molecule has 1 aliphatic heterocycles. The lowest BCUT2D eigenvalue weighted by molar-refractivity contribution is -0.0672. The van der Waals surface area contributed by atoms with Crippen molar-refractivity contribution < 1.29 is 4.74 Å². The van der Waals surface area contributed by atoms with Crippen LogP contribution < -0.4 is 0 Å². The predicted molar refractivity (Wildman–Crippen MR) is 46.7 cm³/mol. The minimum absolute atomic E-state index is 0.312. The second-order valence-electron chi connectivity index (χ2n) is 3.43. The third kappa shape index (κ3) is 2.80. The highest BCUT2D eigenvalue weighted by molar-refractivity contribution is 4.77. The van der Waals surface area contributed by atoms with E-state index in [0.29, 0.717) is 18.6 Å². The Morgan fingerprint density at radius 3 is 2.50 bits per heavy atom. The molecular weight excluding hydrogens is 152 g/mol. The Labute approximate surface area is 73.9 Å². The third-order valence-corrected chi connectivity index (χ3v) is 2.04. The number of hydrogen-bond donors (Lipinski definition) is 0. The zero-order valence-electron chi connectivity index (χ0n) is 7.79. The Morgan fingerprint density at radius 1 is 1.42 bits per heavy atom. The topological polar surface area (TPSA) is 36.3 Å². The molecule has 1 heterocycles. The van der Waals surface area contributed by atoms with E-state index in [1.165, 1.54) is 0 Å². The first-order valence-corrected chi connectivity index (χ1v) is 4.47. The van der Waals surface area contributed by atoms with Gasteiger partial charge in [-0.2, -0.15) is 5.26 Å². The number of rotatable bonds is 2. The van der Waals surface area contributed by atoms with E-state index in [2.05, 4.69) is 24.8 Å². The minimum Gasteiger partial charge on any atom is -0.373 e. The summed E-state index contributed by atoms with van der Waals surface area (Å²) in [6.07, 6.45) is 1.25. The van der Waals surface area contributed by atoms with Crippen LogP contribution in [0.25, 0.3) is 0 Å². The first kappa shape index (κ1) is 9.50. The first-order chi connectivity index (χ1) is 5.72. The monoisotopic (exact) mass is 168 g/mol. The first-order valence-electron chi connectivity index (χ1n) is 4.47. The van der Waals surface area contributed by atoms with E-state index >= 15 is 0 Å². The Bertz CT molecular complexity index is 166. The fourth-order valence-electron chi connectivity index (χ4n) is 1.68. The maximum Gasteiger partial charge on any atom is 0.0678 e. The summed E-state index contributed by atoms with van der Waals surface area (Å²) in [5.41, 5.74) is 0. The second kappa shape index (κ2) is 4.44. The molecule has 1 fully saturated rings. The molecule has 0 spiro atoms. The van der Waals surface area contributed by atoms with Gasteiger partial charge in [-0.15, -0.1) is 0 Å². The summed E-state index contributed by atoms with van der Waals surface area (Å²) < 4.78 is 5.57.